The predicted octanol–water partition coefficient (Wildman–Crippen LogP) is 1.79. The van der Waals surface area contributed by atoms with E-state index >= 15 is 0 Å². The molecule has 14 heavy (non-hydrogen) atoms. The fraction of sp³-hybridized carbons (Fsp3) is 0.182. The van der Waals surface area contributed by atoms with Crippen LogP contribution < -0.4 is 5.69 Å². The van der Waals surface area contributed by atoms with Gasteiger partial charge in [-0.25, -0.2) is 4.79 Å². The first-order valence-corrected chi connectivity index (χ1v) is 4.59. The Labute approximate surface area is 82.0 Å². The smallest absolute Gasteiger partial charge is 0.313 e. The molecule has 1 heterocycles. The topological polar surface area (TPSA) is 37.8 Å². The van der Waals surface area contributed by atoms with Gasteiger partial charge >= 0.3 is 5.69 Å². The Balaban J connectivity index is 2.39. The van der Waals surface area contributed by atoms with Crippen molar-refractivity contribution >= 4 is 0 Å². The van der Waals surface area contributed by atoms with E-state index in [2.05, 4.69) is 4.98 Å². The molecule has 0 spiro atoms. The Morgan fingerprint density at radius 2 is 2.00 bits per heavy atom. The molecule has 0 radical (unpaired) electrons. The summed E-state index contributed by atoms with van der Waals surface area (Å²) in [7, 11) is 0. The van der Waals surface area contributed by atoms with E-state index in [4.69, 9.17) is 0 Å². The lowest BCUT2D eigenvalue weighted by atomic mass is 10.1. The lowest BCUT2D eigenvalue weighted by Crippen LogP contribution is -2.20. The van der Waals surface area contributed by atoms with Crippen molar-refractivity contribution in [2.45, 2.75) is 13.0 Å². The minimum Gasteiger partial charge on any atom is -0.313 e. The molecule has 0 bridgehead atoms. The molecule has 2 rings (SSSR count). The Bertz CT molecular complexity index is 455. The number of nitrogens with one attached hydrogen (secondary N) is 1. The van der Waals surface area contributed by atoms with Crippen LogP contribution in [0.2, 0.25) is 0 Å². The molecule has 0 unspecified atom stereocenters. The maximum atomic E-state index is 11.3. The van der Waals surface area contributed by atoms with Gasteiger partial charge in [-0.3, -0.25) is 4.57 Å². The quantitative estimate of drug-likeness (QED) is 0.766. The average Bonchev–Trinajstić information content (AvgIpc) is 2.65. The van der Waals surface area contributed by atoms with Gasteiger partial charge in [0.1, 0.15) is 0 Å². The molecule has 1 N–H and O–H groups in total. The summed E-state index contributed by atoms with van der Waals surface area (Å²) >= 11 is 0. The van der Waals surface area contributed by atoms with Gasteiger partial charge in [-0.15, -0.1) is 0 Å². The Morgan fingerprint density at radius 3 is 2.57 bits per heavy atom. The summed E-state index contributed by atoms with van der Waals surface area (Å²) in [6.45, 7) is 2.00. The van der Waals surface area contributed by atoms with Crippen LogP contribution in [0.1, 0.15) is 18.5 Å². The molecule has 3 heteroatoms. The third kappa shape index (κ3) is 1.48. The molecule has 0 fully saturated rings. The van der Waals surface area contributed by atoms with Crippen LogP contribution in [0.15, 0.2) is 47.5 Å². The van der Waals surface area contributed by atoms with Crippen molar-refractivity contribution in [2.24, 2.45) is 0 Å². The SMILES string of the molecule is C[C@@H](c1ccccc1)n1cc[nH]c1=O. The van der Waals surface area contributed by atoms with Gasteiger partial charge in [-0.1, -0.05) is 30.3 Å². The summed E-state index contributed by atoms with van der Waals surface area (Å²) in [6.07, 6.45) is 3.42. The number of H-pyrrole nitrogens is 1. The third-order valence-corrected chi connectivity index (χ3v) is 2.38. The van der Waals surface area contributed by atoms with E-state index in [0.29, 0.717) is 0 Å². The van der Waals surface area contributed by atoms with Gasteiger partial charge in [0.2, 0.25) is 0 Å². The Morgan fingerprint density at radius 1 is 1.29 bits per heavy atom. The first kappa shape index (κ1) is 8.81. The summed E-state index contributed by atoms with van der Waals surface area (Å²) in [4.78, 5) is 14.0. The average molecular weight is 188 g/mol. The number of aromatic nitrogens is 2. The van der Waals surface area contributed by atoms with Gasteiger partial charge in [0.05, 0.1) is 6.04 Å². The minimum atomic E-state index is -0.0682. The van der Waals surface area contributed by atoms with Gasteiger partial charge in [0.15, 0.2) is 0 Å². The zero-order valence-corrected chi connectivity index (χ0v) is 7.97. The van der Waals surface area contributed by atoms with E-state index in [1.165, 1.54) is 0 Å². The molecule has 0 aliphatic carbocycles. The fourth-order valence-corrected chi connectivity index (χ4v) is 1.53. The first-order valence-electron chi connectivity index (χ1n) is 4.59. The summed E-state index contributed by atoms with van der Waals surface area (Å²) in [5, 5.41) is 0. The third-order valence-electron chi connectivity index (χ3n) is 2.38. The van der Waals surface area contributed by atoms with Crippen LogP contribution in [0.4, 0.5) is 0 Å². The van der Waals surface area contributed by atoms with Crippen molar-refractivity contribution in [3.63, 3.8) is 0 Å². The van der Waals surface area contributed by atoms with Crippen LogP contribution in [0.25, 0.3) is 0 Å². The number of nitrogens with zero attached hydrogens (tertiary/aromatic N) is 1. The van der Waals surface area contributed by atoms with E-state index < -0.39 is 0 Å². The molecular weight excluding hydrogens is 176 g/mol. The van der Waals surface area contributed by atoms with E-state index in [-0.39, 0.29) is 11.7 Å². The molecule has 0 saturated heterocycles. The highest BCUT2D eigenvalue weighted by atomic mass is 16.1. The summed E-state index contributed by atoms with van der Waals surface area (Å²) < 4.78 is 1.68. The Hall–Kier alpha value is -1.77. The van der Waals surface area contributed by atoms with Gasteiger partial charge in [-0.05, 0) is 12.5 Å². The highest BCUT2D eigenvalue weighted by molar-refractivity contribution is 5.19. The number of hydrogen-bond donors (Lipinski definition) is 1. The lowest BCUT2D eigenvalue weighted by molar-refractivity contribution is 0.617. The van der Waals surface area contributed by atoms with E-state index in [9.17, 15) is 4.79 Å². The van der Waals surface area contributed by atoms with Crippen LogP contribution in [0.3, 0.4) is 0 Å². The van der Waals surface area contributed by atoms with Crippen molar-refractivity contribution < 1.29 is 0 Å². The standard InChI is InChI=1S/C11H12N2O/c1-9(10-5-3-2-4-6-10)13-8-7-12-11(13)14/h2-9H,1H3,(H,12,14)/t9-/m0/s1. The maximum Gasteiger partial charge on any atom is 0.326 e. The van der Waals surface area contributed by atoms with Crippen LogP contribution in [-0.4, -0.2) is 9.55 Å². The highest BCUT2D eigenvalue weighted by Crippen LogP contribution is 2.14. The second-order valence-electron chi connectivity index (χ2n) is 3.26. The molecule has 0 aliphatic heterocycles. The molecule has 3 nitrogen and oxygen atoms in total. The normalized spacial score (nSPS) is 12.6. The second-order valence-corrected chi connectivity index (χ2v) is 3.26. The number of imidazole rings is 1. The maximum absolute atomic E-state index is 11.3. The van der Waals surface area contributed by atoms with Crippen LogP contribution in [-0.2, 0) is 0 Å². The van der Waals surface area contributed by atoms with Crippen LogP contribution in [0.5, 0.6) is 0 Å². The molecular formula is C11H12N2O. The van der Waals surface area contributed by atoms with Crippen molar-refractivity contribution in [2.75, 3.05) is 0 Å². The minimum absolute atomic E-state index is 0.0682. The Kier molecular flexibility index (Phi) is 2.23. The van der Waals surface area contributed by atoms with E-state index in [0.717, 1.165) is 5.56 Å². The molecule has 0 aliphatic rings. The monoisotopic (exact) mass is 188 g/mol. The van der Waals surface area contributed by atoms with Gasteiger partial charge in [0, 0.05) is 12.4 Å². The molecule has 0 amide bonds. The van der Waals surface area contributed by atoms with Gasteiger partial charge in [-0.2, -0.15) is 0 Å². The largest absolute Gasteiger partial charge is 0.326 e. The van der Waals surface area contributed by atoms with E-state index in [1.54, 1.807) is 17.0 Å². The summed E-state index contributed by atoms with van der Waals surface area (Å²) in [5.74, 6) is 0. The first-order chi connectivity index (χ1) is 6.79. The molecule has 1 aromatic carbocycles. The van der Waals surface area contributed by atoms with Gasteiger partial charge < -0.3 is 4.98 Å². The second kappa shape index (κ2) is 3.54. The molecule has 1 atom stereocenters. The number of rotatable bonds is 2. The summed E-state index contributed by atoms with van der Waals surface area (Å²) in [6, 6.07) is 10.0. The van der Waals surface area contributed by atoms with E-state index in [1.807, 2.05) is 37.3 Å². The molecule has 72 valence electrons. The molecule has 2 aromatic rings. The zero-order chi connectivity index (χ0) is 9.97. The van der Waals surface area contributed by atoms with Crippen molar-refractivity contribution in [3.8, 4) is 0 Å². The molecule has 0 saturated carbocycles. The van der Waals surface area contributed by atoms with Crippen molar-refractivity contribution in [1.29, 1.82) is 0 Å². The predicted molar refractivity (Wildman–Crippen MR) is 55.3 cm³/mol. The number of hydrogen-bond acceptors (Lipinski definition) is 1. The zero-order valence-electron chi connectivity index (χ0n) is 7.97. The highest BCUT2D eigenvalue weighted by Gasteiger charge is 2.07. The van der Waals surface area contributed by atoms with Crippen LogP contribution >= 0.6 is 0 Å². The van der Waals surface area contributed by atoms with Gasteiger partial charge in [0.25, 0.3) is 0 Å². The lowest BCUT2D eigenvalue weighted by Gasteiger charge is -2.11. The van der Waals surface area contributed by atoms with Crippen LogP contribution in [0, 0.1) is 0 Å². The van der Waals surface area contributed by atoms with Crippen molar-refractivity contribution in [1.82, 2.24) is 9.55 Å². The molecule has 1 aromatic heterocycles. The number of benzene rings is 1. The number of aromatic amines is 1. The fourth-order valence-electron chi connectivity index (χ4n) is 1.53. The van der Waals surface area contributed by atoms with Crippen molar-refractivity contribution in [3.05, 3.63) is 58.8 Å². The summed E-state index contributed by atoms with van der Waals surface area (Å²) in [5.41, 5.74) is 1.07.